The molecule has 2 aliphatic heterocycles. The van der Waals surface area contributed by atoms with E-state index in [2.05, 4.69) is 55.1 Å². The van der Waals surface area contributed by atoms with Gasteiger partial charge in [-0.25, -0.2) is 0 Å². The highest BCUT2D eigenvalue weighted by Crippen LogP contribution is 2.25. The van der Waals surface area contributed by atoms with E-state index >= 15 is 0 Å². The zero-order valence-corrected chi connectivity index (χ0v) is 16.3. The Labute approximate surface area is 150 Å². The first kappa shape index (κ1) is 17.2. The lowest BCUT2D eigenvalue weighted by Crippen LogP contribution is -2.55. The Kier molecular flexibility index (Phi) is 5.61. The highest BCUT2D eigenvalue weighted by molar-refractivity contribution is 9.11. The Bertz CT molecular complexity index is 550. The van der Waals surface area contributed by atoms with Gasteiger partial charge >= 0.3 is 0 Å². The second kappa shape index (κ2) is 7.51. The fourth-order valence-corrected chi connectivity index (χ4v) is 4.48. The summed E-state index contributed by atoms with van der Waals surface area (Å²) >= 11 is 5.36. The van der Waals surface area contributed by atoms with Crippen molar-refractivity contribution in [3.63, 3.8) is 0 Å². The number of piperazine rings is 1. The van der Waals surface area contributed by atoms with Gasteiger partial charge < -0.3 is 15.0 Å². The van der Waals surface area contributed by atoms with Crippen LogP contribution in [0.1, 0.15) is 11.8 Å². The summed E-state index contributed by atoms with van der Waals surface area (Å²) in [7, 11) is 1.87. The molecule has 1 aromatic heterocycles. The third kappa shape index (κ3) is 4.47. The van der Waals surface area contributed by atoms with Crippen molar-refractivity contribution in [2.24, 2.45) is 10.4 Å². The molecule has 0 aliphatic carbocycles. The molecule has 1 aromatic rings. The average Bonchev–Trinajstić information content (AvgIpc) is 2.92. The van der Waals surface area contributed by atoms with Crippen LogP contribution in [0.4, 0.5) is 0 Å². The van der Waals surface area contributed by atoms with Gasteiger partial charge in [0.15, 0.2) is 5.96 Å². The van der Waals surface area contributed by atoms with Crippen LogP contribution < -0.4 is 5.32 Å². The lowest BCUT2D eigenvalue weighted by molar-refractivity contribution is -0.0973. The Morgan fingerprint density at radius 1 is 1.35 bits per heavy atom. The summed E-state index contributed by atoms with van der Waals surface area (Å²) in [5.74, 6) is 1.02. The van der Waals surface area contributed by atoms with E-state index in [1.807, 2.05) is 18.4 Å². The average molecular weight is 401 g/mol. The number of thiophene rings is 1. The number of hydrogen-bond acceptors (Lipinski definition) is 4. The predicted octanol–water partition coefficient (Wildman–Crippen LogP) is 2.24. The first-order chi connectivity index (χ1) is 11.1. The Hall–Kier alpha value is -0.630. The molecule has 2 aliphatic rings. The van der Waals surface area contributed by atoms with Gasteiger partial charge in [-0.1, -0.05) is 6.92 Å². The monoisotopic (exact) mass is 400 g/mol. The molecule has 0 aromatic carbocycles. The van der Waals surface area contributed by atoms with E-state index in [9.17, 15) is 0 Å². The van der Waals surface area contributed by atoms with Crippen LogP contribution in [0.2, 0.25) is 0 Å². The molecule has 7 heteroatoms. The molecule has 0 saturated carbocycles. The zero-order chi connectivity index (χ0) is 16.3. The van der Waals surface area contributed by atoms with E-state index in [1.165, 1.54) is 8.66 Å². The second-order valence-electron chi connectivity index (χ2n) is 6.67. The maximum absolute atomic E-state index is 5.32. The summed E-state index contributed by atoms with van der Waals surface area (Å²) in [4.78, 5) is 10.8. The minimum absolute atomic E-state index is 0.268. The molecule has 0 amide bonds. The van der Waals surface area contributed by atoms with Gasteiger partial charge in [0.05, 0.1) is 17.0 Å². The molecule has 0 atom stereocenters. The fraction of sp³-hybridized carbons (Fsp3) is 0.688. The largest absolute Gasteiger partial charge is 0.380 e. The molecule has 5 nitrogen and oxygen atoms in total. The molecule has 0 bridgehead atoms. The van der Waals surface area contributed by atoms with E-state index in [0.29, 0.717) is 0 Å². The lowest BCUT2D eigenvalue weighted by Gasteiger charge is -2.40. The van der Waals surface area contributed by atoms with Gasteiger partial charge in [0.2, 0.25) is 0 Å². The van der Waals surface area contributed by atoms with Crippen molar-refractivity contribution in [2.45, 2.75) is 13.5 Å². The highest BCUT2D eigenvalue weighted by atomic mass is 79.9. The van der Waals surface area contributed by atoms with Crippen molar-refractivity contribution in [3.8, 4) is 0 Å². The number of guanidine groups is 1. The van der Waals surface area contributed by atoms with Crippen LogP contribution in [0, 0.1) is 5.41 Å². The van der Waals surface area contributed by atoms with Gasteiger partial charge in [-0.2, -0.15) is 0 Å². The maximum Gasteiger partial charge on any atom is 0.193 e. The van der Waals surface area contributed by atoms with Gasteiger partial charge in [-0.3, -0.25) is 9.89 Å². The number of nitrogens with one attached hydrogen (secondary N) is 1. The summed E-state index contributed by atoms with van der Waals surface area (Å²) in [5, 5.41) is 3.52. The third-order valence-electron chi connectivity index (χ3n) is 4.47. The third-order valence-corrected chi connectivity index (χ3v) is 6.07. The van der Waals surface area contributed by atoms with Gasteiger partial charge in [0, 0.05) is 56.6 Å². The van der Waals surface area contributed by atoms with Crippen molar-refractivity contribution >= 4 is 33.2 Å². The lowest BCUT2D eigenvalue weighted by atomic mass is 9.89. The van der Waals surface area contributed by atoms with E-state index in [-0.39, 0.29) is 5.41 Å². The normalized spacial score (nSPS) is 22.0. The SMILES string of the molecule is CN=C(NCC1(C)COC1)N1CCN(Cc2ccc(Br)s2)CC1. The Morgan fingerprint density at radius 2 is 2.09 bits per heavy atom. The van der Waals surface area contributed by atoms with Crippen LogP contribution in [-0.4, -0.2) is 68.7 Å². The molecule has 0 unspecified atom stereocenters. The number of hydrogen-bond donors (Lipinski definition) is 1. The molecule has 2 fully saturated rings. The van der Waals surface area contributed by atoms with Crippen LogP contribution >= 0.6 is 27.3 Å². The van der Waals surface area contributed by atoms with Gasteiger partial charge in [0.1, 0.15) is 0 Å². The van der Waals surface area contributed by atoms with Crippen LogP contribution in [0.15, 0.2) is 20.9 Å². The van der Waals surface area contributed by atoms with Crippen molar-refractivity contribution < 1.29 is 4.74 Å². The molecule has 0 spiro atoms. The fourth-order valence-electron chi connectivity index (χ4n) is 2.95. The second-order valence-corrected chi connectivity index (χ2v) is 9.22. The predicted molar refractivity (Wildman–Crippen MR) is 99.2 cm³/mol. The minimum atomic E-state index is 0.268. The number of aliphatic imine (C=N–C) groups is 1. The van der Waals surface area contributed by atoms with E-state index in [4.69, 9.17) is 4.74 Å². The molecule has 23 heavy (non-hydrogen) atoms. The number of nitrogens with zero attached hydrogens (tertiary/aromatic N) is 3. The topological polar surface area (TPSA) is 40.1 Å². The molecule has 3 heterocycles. The summed E-state index contributed by atoms with van der Waals surface area (Å²) in [5.41, 5.74) is 0.268. The summed E-state index contributed by atoms with van der Waals surface area (Å²) < 4.78 is 6.53. The minimum Gasteiger partial charge on any atom is -0.380 e. The highest BCUT2D eigenvalue weighted by Gasteiger charge is 2.33. The smallest absolute Gasteiger partial charge is 0.193 e. The number of rotatable bonds is 4. The Morgan fingerprint density at radius 3 is 2.61 bits per heavy atom. The van der Waals surface area contributed by atoms with Gasteiger partial charge in [-0.05, 0) is 28.1 Å². The van der Waals surface area contributed by atoms with Crippen LogP contribution in [0.25, 0.3) is 0 Å². The molecular formula is C16H25BrN4OS. The zero-order valence-electron chi connectivity index (χ0n) is 13.8. The van der Waals surface area contributed by atoms with Crippen LogP contribution in [0.3, 0.4) is 0 Å². The summed E-state index contributed by atoms with van der Waals surface area (Å²) in [6.07, 6.45) is 0. The maximum atomic E-state index is 5.32. The molecule has 128 valence electrons. The van der Waals surface area contributed by atoms with Crippen LogP contribution in [-0.2, 0) is 11.3 Å². The van der Waals surface area contributed by atoms with E-state index in [1.54, 1.807) is 0 Å². The quantitative estimate of drug-likeness (QED) is 0.621. The van der Waals surface area contributed by atoms with Crippen LogP contribution in [0.5, 0.6) is 0 Å². The molecule has 2 saturated heterocycles. The van der Waals surface area contributed by atoms with Crippen molar-refractivity contribution in [1.29, 1.82) is 0 Å². The standard InChI is InChI=1S/C16H25BrN4OS/c1-16(11-22-12-16)10-19-15(18-2)21-7-5-20(6-8-21)9-13-3-4-14(17)23-13/h3-4H,5-12H2,1-2H3,(H,18,19). The molecular weight excluding hydrogens is 376 g/mol. The molecule has 0 radical (unpaired) electrons. The molecule has 3 rings (SSSR count). The van der Waals surface area contributed by atoms with Crippen molar-refractivity contribution in [2.75, 3.05) is 53.0 Å². The number of halogens is 1. The molecule has 1 N–H and O–H groups in total. The Balaban J connectivity index is 1.45. The van der Waals surface area contributed by atoms with Crippen molar-refractivity contribution in [1.82, 2.24) is 15.1 Å². The van der Waals surface area contributed by atoms with Crippen molar-refractivity contribution in [3.05, 3.63) is 20.8 Å². The van der Waals surface area contributed by atoms with E-state index < -0.39 is 0 Å². The van der Waals surface area contributed by atoms with Gasteiger partial charge in [0.25, 0.3) is 0 Å². The van der Waals surface area contributed by atoms with E-state index in [0.717, 1.165) is 58.4 Å². The summed E-state index contributed by atoms with van der Waals surface area (Å²) in [6.45, 7) is 10.1. The first-order valence-electron chi connectivity index (χ1n) is 8.08. The number of ether oxygens (including phenoxy) is 1. The summed E-state index contributed by atoms with van der Waals surface area (Å²) in [6, 6.07) is 4.34. The first-order valence-corrected chi connectivity index (χ1v) is 9.69. The van der Waals surface area contributed by atoms with Gasteiger partial charge in [-0.15, -0.1) is 11.3 Å².